The maximum absolute atomic E-state index is 10.6. The van der Waals surface area contributed by atoms with Crippen LogP contribution in [0.1, 0.15) is 25.3 Å². The molecule has 1 aromatic heterocycles. The summed E-state index contributed by atoms with van der Waals surface area (Å²) >= 11 is 7.52. The SMILES string of the molecule is C[C@H]1CN(C2CCN(c3ncns3)CC2)[C@@H](Cc2ccc(Cl)cc2)CO1.O=C(O)C(F)(F)F. The summed E-state index contributed by atoms with van der Waals surface area (Å²) in [6.45, 7) is 6.11. The van der Waals surface area contributed by atoms with E-state index in [1.54, 1.807) is 6.33 Å². The average Bonchev–Trinajstić information content (AvgIpc) is 3.31. The number of aromatic nitrogens is 2. The Morgan fingerprint density at radius 3 is 2.45 bits per heavy atom. The minimum Gasteiger partial charge on any atom is -0.475 e. The Labute approximate surface area is 199 Å². The van der Waals surface area contributed by atoms with E-state index < -0.39 is 12.1 Å². The standard InChI is InChI=1S/C19H25ClN4OS.C2HF3O2/c1-14-11-24(17-6-8-23(9-7-17)19-21-13-22-26-19)18(12-25-14)10-15-2-4-16(20)5-3-15;3-2(4,5)1(6)7/h2-5,13-14,17-18H,6-12H2,1H3;(H,6,7)/t14-,18-;/m0./s1. The second kappa shape index (κ2) is 11.5. The van der Waals surface area contributed by atoms with E-state index in [-0.39, 0.29) is 0 Å². The van der Waals surface area contributed by atoms with Crippen molar-refractivity contribution < 1.29 is 27.8 Å². The number of morpholine rings is 1. The maximum atomic E-state index is 10.6. The van der Waals surface area contributed by atoms with Gasteiger partial charge in [-0.15, -0.1) is 0 Å². The molecule has 2 aliphatic heterocycles. The number of benzene rings is 1. The van der Waals surface area contributed by atoms with Crippen LogP contribution in [0.25, 0.3) is 0 Å². The lowest BCUT2D eigenvalue weighted by Crippen LogP contribution is -2.56. The molecule has 4 rings (SSSR count). The van der Waals surface area contributed by atoms with Crippen LogP contribution in [-0.4, -0.2) is 75.9 Å². The Balaban J connectivity index is 0.000000383. The molecule has 1 N–H and O–H groups in total. The van der Waals surface area contributed by atoms with E-state index in [9.17, 15) is 13.2 Å². The third-order valence-corrected chi connectivity index (χ3v) is 6.67. The summed E-state index contributed by atoms with van der Waals surface area (Å²) in [6, 6.07) is 9.28. The van der Waals surface area contributed by atoms with Crippen LogP contribution in [-0.2, 0) is 16.0 Å². The molecule has 0 saturated carbocycles. The normalized spacial score (nSPS) is 22.5. The smallest absolute Gasteiger partial charge is 0.475 e. The molecule has 2 fully saturated rings. The Morgan fingerprint density at radius 1 is 1.27 bits per heavy atom. The van der Waals surface area contributed by atoms with Crippen molar-refractivity contribution in [1.29, 1.82) is 0 Å². The maximum Gasteiger partial charge on any atom is 0.490 e. The van der Waals surface area contributed by atoms with Crippen LogP contribution in [0.4, 0.5) is 18.3 Å². The Bertz CT molecular complexity index is 878. The molecular weight excluding hydrogens is 481 g/mol. The predicted octanol–water partition coefficient (Wildman–Crippen LogP) is 4.13. The van der Waals surface area contributed by atoms with E-state index in [1.807, 2.05) is 12.1 Å². The number of carboxylic acid groups (broad SMARTS) is 1. The molecule has 2 atom stereocenters. The number of rotatable bonds is 4. The zero-order valence-corrected chi connectivity index (χ0v) is 19.6. The second-order valence-electron chi connectivity index (χ2n) is 8.07. The minimum absolute atomic E-state index is 0.303. The number of carbonyl (C=O) groups is 1. The topological polar surface area (TPSA) is 78.8 Å². The van der Waals surface area contributed by atoms with E-state index in [4.69, 9.17) is 26.2 Å². The van der Waals surface area contributed by atoms with Gasteiger partial charge in [-0.3, -0.25) is 4.90 Å². The monoisotopic (exact) mass is 506 g/mol. The number of ether oxygens (including phenoxy) is 1. The fraction of sp³-hybridized carbons (Fsp3) is 0.571. The summed E-state index contributed by atoms with van der Waals surface area (Å²) in [5, 5.41) is 8.97. The van der Waals surface area contributed by atoms with Crippen LogP contribution in [0.2, 0.25) is 5.02 Å². The van der Waals surface area contributed by atoms with Gasteiger partial charge in [-0.25, -0.2) is 9.78 Å². The fourth-order valence-electron chi connectivity index (χ4n) is 4.08. The first-order valence-electron chi connectivity index (χ1n) is 10.6. The first-order chi connectivity index (χ1) is 15.6. The number of hydrogen-bond donors (Lipinski definition) is 1. The van der Waals surface area contributed by atoms with E-state index >= 15 is 0 Å². The molecule has 3 heterocycles. The van der Waals surface area contributed by atoms with Gasteiger partial charge in [0.05, 0.1) is 12.7 Å². The molecule has 7 nitrogen and oxygen atoms in total. The molecule has 0 aliphatic carbocycles. The van der Waals surface area contributed by atoms with Gasteiger partial charge in [-0.1, -0.05) is 23.7 Å². The third kappa shape index (κ3) is 7.53. The summed E-state index contributed by atoms with van der Waals surface area (Å²) in [4.78, 5) is 18.3. The second-order valence-corrected chi connectivity index (χ2v) is 9.27. The van der Waals surface area contributed by atoms with Gasteiger partial charge in [0.2, 0.25) is 5.13 Å². The van der Waals surface area contributed by atoms with Crippen molar-refractivity contribution in [3.63, 3.8) is 0 Å². The Kier molecular flexibility index (Phi) is 8.91. The number of anilines is 1. The zero-order chi connectivity index (χ0) is 24.0. The fourth-order valence-corrected chi connectivity index (χ4v) is 4.79. The Hall–Kier alpha value is -1.95. The van der Waals surface area contributed by atoms with Crippen LogP contribution in [0.5, 0.6) is 0 Å². The highest BCUT2D eigenvalue weighted by Gasteiger charge is 2.38. The quantitative estimate of drug-likeness (QED) is 0.668. The van der Waals surface area contributed by atoms with Gasteiger partial charge in [0.25, 0.3) is 0 Å². The highest BCUT2D eigenvalue weighted by Crippen LogP contribution is 2.27. The third-order valence-electron chi connectivity index (χ3n) is 5.69. The molecule has 0 radical (unpaired) electrons. The first kappa shape index (κ1) is 25.7. The van der Waals surface area contributed by atoms with E-state index in [2.05, 4.69) is 38.2 Å². The van der Waals surface area contributed by atoms with Crippen LogP contribution in [0.15, 0.2) is 30.6 Å². The van der Waals surface area contributed by atoms with Gasteiger partial charge < -0.3 is 14.7 Å². The summed E-state index contributed by atoms with van der Waals surface area (Å²) in [5.74, 6) is -2.76. The largest absolute Gasteiger partial charge is 0.490 e. The molecule has 0 spiro atoms. The summed E-state index contributed by atoms with van der Waals surface area (Å²) in [7, 11) is 0. The van der Waals surface area contributed by atoms with Crippen molar-refractivity contribution in [1.82, 2.24) is 14.3 Å². The number of piperidine rings is 1. The van der Waals surface area contributed by atoms with E-state index in [1.165, 1.54) is 29.9 Å². The van der Waals surface area contributed by atoms with Gasteiger partial charge in [0.1, 0.15) is 6.33 Å². The highest BCUT2D eigenvalue weighted by atomic mass is 35.5. The molecule has 0 bridgehead atoms. The molecule has 0 amide bonds. The molecule has 12 heteroatoms. The molecule has 33 heavy (non-hydrogen) atoms. The number of carboxylic acids is 1. The summed E-state index contributed by atoms with van der Waals surface area (Å²) in [6.07, 6.45) is 0.225. The number of alkyl halides is 3. The molecule has 2 aromatic rings. The van der Waals surface area contributed by atoms with Crippen molar-refractivity contribution in [2.75, 3.05) is 31.1 Å². The molecule has 0 unspecified atom stereocenters. The van der Waals surface area contributed by atoms with Gasteiger partial charge in [-0.05, 0) is 43.9 Å². The van der Waals surface area contributed by atoms with Crippen molar-refractivity contribution in [2.45, 2.75) is 50.6 Å². The molecular formula is C21H26ClF3N4O3S. The zero-order valence-electron chi connectivity index (χ0n) is 18.0. The number of halogens is 4. The first-order valence-corrected chi connectivity index (χ1v) is 11.7. The molecule has 1 aromatic carbocycles. The Morgan fingerprint density at radius 2 is 1.91 bits per heavy atom. The van der Waals surface area contributed by atoms with Gasteiger partial charge >= 0.3 is 12.1 Å². The molecule has 2 saturated heterocycles. The van der Waals surface area contributed by atoms with E-state index in [0.29, 0.717) is 18.2 Å². The van der Waals surface area contributed by atoms with Gasteiger partial charge in [0, 0.05) is 48.3 Å². The highest BCUT2D eigenvalue weighted by molar-refractivity contribution is 7.09. The van der Waals surface area contributed by atoms with Crippen molar-refractivity contribution in [3.05, 3.63) is 41.2 Å². The van der Waals surface area contributed by atoms with Crippen LogP contribution < -0.4 is 4.90 Å². The van der Waals surface area contributed by atoms with Crippen molar-refractivity contribution >= 4 is 34.2 Å². The molecule has 2 aliphatic rings. The van der Waals surface area contributed by atoms with Gasteiger partial charge in [0.15, 0.2) is 0 Å². The lowest BCUT2D eigenvalue weighted by Gasteiger charge is -2.46. The van der Waals surface area contributed by atoms with Gasteiger partial charge in [-0.2, -0.15) is 17.5 Å². The van der Waals surface area contributed by atoms with Crippen LogP contribution in [0, 0.1) is 0 Å². The van der Waals surface area contributed by atoms with E-state index in [0.717, 1.165) is 42.8 Å². The molecule has 182 valence electrons. The number of hydrogen-bond acceptors (Lipinski definition) is 7. The van der Waals surface area contributed by atoms with Crippen LogP contribution in [0.3, 0.4) is 0 Å². The lowest BCUT2D eigenvalue weighted by atomic mass is 9.96. The number of nitrogens with zero attached hydrogens (tertiary/aromatic N) is 4. The summed E-state index contributed by atoms with van der Waals surface area (Å²) < 4.78 is 41.9. The van der Waals surface area contributed by atoms with Crippen molar-refractivity contribution in [2.24, 2.45) is 0 Å². The van der Waals surface area contributed by atoms with Crippen LogP contribution >= 0.6 is 23.1 Å². The minimum atomic E-state index is -5.08. The van der Waals surface area contributed by atoms with Crippen molar-refractivity contribution in [3.8, 4) is 0 Å². The summed E-state index contributed by atoms with van der Waals surface area (Å²) in [5.41, 5.74) is 1.33. The predicted molar refractivity (Wildman–Crippen MR) is 120 cm³/mol. The average molecular weight is 507 g/mol. The number of aliphatic carboxylic acids is 1. The lowest BCUT2D eigenvalue weighted by molar-refractivity contribution is -0.192.